The van der Waals surface area contributed by atoms with Crippen LogP contribution in [0.3, 0.4) is 0 Å². The number of aliphatic hydroxyl groups excluding tert-OH is 1. The van der Waals surface area contributed by atoms with Gasteiger partial charge in [0.1, 0.15) is 6.54 Å². The van der Waals surface area contributed by atoms with Crippen molar-refractivity contribution in [2.24, 2.45) is 0 Å². The molecule has 0 aromatic heterocycles. The molecule has 35 heavy (non-hydrogen) atoms. The molecule has 0 aromatic rings. The third-order valence-corrected chi connectivity index (χ3v) is 5.98. The second kappa shape index (κ2) is 27.5. The first-order valence-corrected chi connectivity index (χ1v) is 15.1. The number of aliphatic hydroxyl groups is 1. The van der Waals surface area contributed by atoms with Crippen LogP contribution >= 0.6 is 7.82 Å². The van der Waals surface area contributed by atoms with Crippen LogP contribution in [0.5, 0.6) is 0 Å². The minimum atomic E-state index is -4.64. The molecular weight excluding hydrogens is 478 g/mol. The zero-order valence-electron chi connectivity index (χ0n) is 24.3. The Morgan fingerprint density at radius 2 is 1.11 bits per heavy atom. The van der Waals surface area contributed by atoms with Gasteiger partial charge in [-0.2, -0.15) is 0 Å². The van der Waals surface area contributed by atoms with Crippen LogP contribution in [0.25, 0.3) is 0 Å². The fourth-order valence-electron chi connectivity index (χ4n) is 3.86. The standard InChI is InChI=1S/C25H52N2O2.Na.H3O4P.H/c1-4-5-6-7-8-9-10-11-12-13-14-15-16-17-18-20-25(29)26-21-19-22-27(2,3)23-24-28;;1-5(2,3)4;/h28H,4-24H2,1-3H3;;(H3,1,2,3,4);/q;+1;;-1/p+1. The summed E-state index contributed by atoms with van der Waals surface area (Å²) in [4.78, 5) is 33.4. The monoisotopic (exact) mass is 535 g/mol. The van der Waals surface area contributed by atoms with Crippen LogP contribution in [0.4, 0.5) is 0 Å². The minimum absolute atomic E-state index is 0. The van der Waals surface area contributed by atoms with E-state index < -0.39 is 7.82 Å². The minimum Gasteiger partial charge on any atom is -1.00 e. The van der Waals surface area contributed by atoms with Gasteiger partial charge in [0.15, 0.2) is 0 Å². The molecule has 0 atom stereocenters. The van der Waals surface area contributed by atoms with E-state index in [0.29, 0.717) is 6.42 Å². The Morgan fingerprint density at radius 1 is 0.743 bits per heavy atom. The average molecular weight is 536 g/mol. The van der Waals surface area contributed by atoms with Crippen molar-refractivity contribution in [3.63, 3.8) is 0 Å². The van der Waals surface area contributed by atoms with Crippen molar-refractivity contribution in [1.82, 2.24) is 5.32 Å². The quantitative estimate of drug-likeness (QED) is 0.0625. The van der Waals surface area contributed by atoms with E-state index in [-0.39, 0.29) is 43.5 Å². The number of carbonyl (C=O) groups excluding carboxylic acids is 1. The third-order valence-electron chi connectivity index (χ3n) is 5.98. The zero-order valence-corrected chi connectivity index (χ0v) is 26.2. The van der Waals surface area contributed by atoms with Crippen LogP contribution in [-0.2, 0) is 9.36 Å². The summed E-state index contributed by atoms with van der Waals surface area (Å²) in [5, 5.41) is 12.1. The summed E-state index contributed by atoms with van der Waals surface area (Å²) in [6.07, 6.45) is 22.0. The Labute approximate surface area is 239 Å². The second-order valence-electron chi connectivity index (χ2n) is 10.0. The fourth-order valence-corrected chi connectivity index (χ4v) is 3.86. The molecular formula is C25H57N2NaO6P+. The summed E-state index contributed by atoms with van der Waals surface area (Å²) in [5.41, 5.74) is 0. The van der Waals surface area contributed by atoms with Crippen molar-refractivity contribution >= 4 is 13.7 Å². The van der Waals surface area contributed by atoms with Crippen LogP contribution in [0.15, 0.2) is 0 Å². The van der Waals surface area contributed by atoms with Gasteiger partial charge in [-0.25, -0.2) is 4.57 Å². The molecule has 0 saturated carbocycles. The maximum Gasteiger partial charge on any atom is 1.00 e. The van der Waals surface area contributed by atoms with E-state index in [1.165, 1.54) is 89.9 Å². The summed E-state index contributed by atoms with van der Waals surface area (Å²) in [7, 11) is -0.401. The Bertz CT molecular complexity index is 505. The van der Waals surface area contributed by atoms with Crippen LogP contribution in [0.1, 0.15) is 118 Å². The molecule has 1 amide bonds. The first-order chi connectivity index (χ1) is 16.0. The summed E-state index contributed by atoms with van der Waals surface area (Å²) < 4.78 is 9.69. The van der Waals surface area contributed by atoms with Gasteiger partial charge in [-0.1, -0.05) is 96.8 Å². The molecule has 0 saturated heterocycles. The van der Waals surface area contributed by atoms with Crippen molar-refractivity contribution in [3.05, 3.63) is 0 Å². The molecule has 0 unspecified atom stereocenters. The van der Waals surface area contributed by atoms with Gasteiger partial charge < -0.3 is 31.0 Å². The SMILES string of the molecule is CCCCCCCCCCCCCCCCCC(=O)NCCC[N+](C)(C)CCO.O=P(O)(O)O.[H-].[Na+]. The zero-order chi connectivity index (χ0) is 26.1. The van der Waals surface area contributed by atoms with E-state index in [1.807, 2.05) is 0 Å². The van der Waals surface area contributed by atoms with Crippen molar-refractivity contribution in [3.8, 4) is 0 Å². The van der Waals surface area contributed by atoms with Gasteiger partial charge in [0.05, 0.1) is 27.2 Å². The second-order valence-corrected chi connectivity index (χ2v) is 11.0. The van der Waals surface area contributed by atoms with Gasteiger partial charge in [-0.3, -0.25) is 4.79 Å². The summed E-state index contributed by atoms with van der Waals surface area (Å²) in [6.45, 7) is 5.01. The molecule has 0 aromatic carbocycles. The number of nitrogens with zero attached hydrogens (tertiary/aromatic N) is 1. The van der Waals surface area contributed by atoms with E-state index in [0.717, 1.165) is 37.0 Å². The maximum atomic E-state index is 11.9. The number of likely N-dealkylation sites (N-methyl/N-ethyl adjacent to an activating group) is 1. The van der Waals surface area contributed by atoms with Crippen molar-refractivity contribution < 1.29 is 64.6 Å². The summed E-state index contributed by atoms with van der Waals surface area (Å²) >= 11 is 0. The molecule has 0 radical (unpaired) electrons. The summed E-state index contributed by atoms with van der Waals surface area (Å²) in [6, 6.07) is 0. The number of hydrogen-bond donors (Lipinski definition) is 5. The molecule has 0 spiro atoms. The Morgan fingerprint density at radius 3 is 1.49 bits per heavy atom. The van der Waals surface area contributed by atoms with E-state index in [9.17, 15) is 4.79 Å². The molecule has 208 valence electrons. The number of rotatable bonds is 22. The number of phosphoric acid groups is 1. The van der Waals surface area contributed by atoms with Gasteiger partial charge in [0.25, 0.3) is 0 Å². The van der Waals surface area contributed by atoms with E-state index >= 15 is 0 Å². The molecule has 8 nitrogen and oxygen atoms in total. The van der Waals surface area contributed by atoms with Crippen molar-refractivity contribution in [2.45, 2.75) is 116 Å². The molecule has 0 aliphatic rings. The van der Waals surface area contributed by atoms with Gasteiger partial charge in [-0.05, 0) is 6.42 Å². The maximum absolute atomic E-state index is 11.9. The topological polar surface area (TPSA) is 127 Å². The largest absolute Gasteiger partial charge is 1.00 e. The molecule has 0 aliphatic carbocycles. The first kappa shape index (κ1) is 40.0. The predicted octanol–water partition coefficient (Wildman–Crippen LogP) is 2.01. The van der Waals surface area contributed by atoms with Crippen molar-refractivity contribution in [1.29, 1.82) is 0 Å². The molecule has 0 aliphatic heterocycles. The molecule has 0 rings (SSSR count). The molecule has 10 heteroatoms. The normalized spacial score (nSPS) is 11.4. The number of unbranched alkanes of at least 4 members (excludes halogenated alkanes) is 14. The summed E-state index contributed by atoms with van der Waals surface area (Å²) in [5.74, 6) is 0.201. The van der Waals surface area contributed by atoms with Gasteiger partial charge in [0.2, 0.25) is 5.91 Å². The molecule has 5 N–H and O–H groups in total. The number of amides is 1. The van der Waals surface area contributed by atoms with Gasteiger partial charge in [0, 0.05) is 19.4 Å². The van der Waals surface area contributed by atoms with Crippen molar-refractivity contribution in [2.75, 3.05) is 40.3 Å². The molecule has 0 heterocycles. The van der Waals surface area contributed by atoms with Gasteiger partial charge >= 0.3 is 37.4 Å². The Kier molecular flexibility index (Phi) is 31.5. The third kappa shape index (κ3) is 41.9. The van der Waals surface area contributed by atoms with Crippen LogP contribution < -0.4 is 34.9 Å². The van der Waals surface area contributed by atoms with Crippen LogP contribution in [0.2, 0.25) is 0 Å². The van der Waals surface area contributed by atoms with E-state index in [2.05, 4.69) is 26.3 Å². The Balaban J connectivity index is -0.000000661. The van der Waals surface area contributed by atoms with Crippen LogP contribution in [0, 0.1) is 0 Å². The fraction of sp³-hybridized carbons (Fsp3) is 0.960. The smallest absolute Gasteiger partial charge is 1.00 e. The predicted molar refractivity (Wildman–Crippen MR) is 141 cm³/mol. The first-order valence-electron chi connectivity index (χ1n) is 13.5. The number of quaternary nitrogens is 1. The number of nitrogens with one attached hydrogen (secondary N) is 1. The van der Waals surface area contributed by atoms with Gasteiger partial charge in [-0.15, -0.1) is 0 Å². The molecule has 0 bridgehead atoms. The number of hydrogen-bond acceptors (Lipinski definition) is 3. The molecule has 0 fully saturated rings. The average Bonchev–Trinajstić information content (AvgIpc) is 2.73. The van der Waals surface area contributed by atoms with E-state index in [1.54, 1.807) is 0 Å². The van der Waals surface area contributed by atoms with Crippen LogP contribution in [-0.4, -0.2) is 70.5 Å². The van der Waals surface area contributed by atoms with E-state index in [4.69, 9.17) is 24.4 Å². The number of carbonyl (C=O) groups is 1. The Hall–Kier alpha value is 0.500.